The number of hydrogen-bond donors (Lipinski definition) is 1. The summed E-state index contributed by atoms with van der Waals surface area (Å²) in [5.41, 5.74) is 5.97. The van der Waals surface area contributed by atoms with Crippen molar-refractivity contribution in [2.24, 2.45) is 23.0 Å². The van der Waals surface area contributed by atoms with E-state index >= 15 is 0 Å². The van der Waals surface area contributed by atoms with E-state index in [1.807, 2.05) is 25.7 Å². The summed E-state index contributed by atoms with van der Waals surface area (Å²) in [7, 11) is 0. The fourth-order valence-corrected chi connectivity index (χ4v) is 4.50. The van der Waals surface area contributed by atoms with Gasteiger partial charge >= 0.3 is 0 Å². The fraction of sp³-hybridized carbons (Fsp3) is 0.941. The lowest BCUT2D eigenvalue weighted by Gasteiger charge is -2.42. The summed E-state index contributed by atoms with van der Waals surface area (Å²) in [6.45, 7) is 9.92. The number of carbonyl (C=O) groups excluding carboxylic acids is 1. The standard InChI is InChI=1S/C17H31N3O/c1-17(2,3)15(18)16(21)20-8-6-19(7-9-20)14-11-12-4-5-13(14)10-12/h12-15H,4-11,18H2,1-3H3/t12?,13?,14?,15-/m1/s1. The van der Waals surface area contributed by atoms with E-state index in [4.69, 9.17) is 5.73 Å². The molecule has 1 heterocycles. The number of carbonyl (C=O) groups is 1. The van der Waals surface area contributed by atoms with Gasteiger partial charge in [0.1, 0.15) is 0 Å². The number of piperazine rings is 1. The lowest BCUT2D eigenvalue weighted by atomic mass is 9.86. The van der Waals surface area contributed by atoms with E-state index in [1.54, 1.807) is 0 Å². The Morgan fingerprint density at radius 2 is 1.76 bits per heavy atom. The first-order valence-electron chi connectivity index (χ1n) is 8.64. The van der Waals surface area contributed by atoms with Gasteiger partial charge in [-0.15, -0.1) is 0 Å². The van der Waals surface area contributed by atoms with Crippen molar-refractivity contribution >= 4 is 5.91 Å². The molecule has 3 fully saturated rings. The van der Waals surface area contributed by atoms with Crippen molar-refractivity contribution < 1.29 is 4.79 Å². The zero-order chi connectivity index (χ0) is 15.2. The van der Waals surface area contributed by atoms with Crippen LogP contribution in [0.3, 0.4) is 0 Å². The number of rotatable bonds is 2. The lowest BCUT2D eigenvalue weighted by Crippen LogP contribution is -2.58. The maximum atomic E-state index is 12.5. The second-order valence-corrected chi connectivity index (χ2v) is 8.45. The van der Waals surface area contributed by atoms with Crippen LogP contribution in [0.2, 0.25) is 0 Å². The second kappa shape index (κ2) is 5.54. The number of amides is 1. The second-order valence-electron chi connectivity index (χ2n) is 8.45. The van der Waals surface area contributed by atoms with Crippen molar-refractivity contribution in [1.29, 1.82) is 0 Å². The van der Waals surface area contributed by atoms with Gasteiger partial charge in [-0.3, -0.25) is 9.69 Å². The molecule has 4 heteroatoms. The topological polar surface area (TPSA) is 49.6 Å². The van der Waals surface area contributed by atoms with Crippen LogP contribution < -0.4 is 5.73 Å². The Labute approximate surface area is 129 Å². The third-order valence-electron chi connectivity index (χ3n) is 5.99. The molecule has 2 saturated carbocycles. The Morgan fingerprint density at radius 3 is 2.24 bits per heavy atom. The van der Waals surface area contributed by atoms with Crippen molar-refractivity contribution in [3.63, 3.8) is 0 Å². The van der Waals surface area contributed by atoms with Gasteiger partial charge in [0, 0.05) is 32.2 Å². The Morgan fingerprint density at radius 1 is 1.10 bits per heavy atom. The van der Waals surface area contributed by atoms with Gasteiger partial charge in [-0.25, -0.2) is 0 Å². The molecule has 120 valence electrons. The minimum Gasteiger partial charge on any atom is -0.339 e. The van der Waals surface area contributed by atoms with Gasteiger partial charge in [-0.1, -0.05) is 27.2 Å². The van der Waals surface area contributed by atoms with Crippen LogP contribution in [-0.2, 0) is 4.79 Å². The van der Waals surface area contributed by atoms with Crippen LogP contribution in [0.25, 0.3) is 0 Å². The monoisotopic (exact) mass is 293 g/mol. The molecule has 0 aromatic carbocycles. The van der Waals surface area contributed by atoms with E-state index in [2.05, 4.69) is 4.90 Å². The molecule has 0 aromatic rings. The predicted octanol–water partition coefficient (Wildman–Crippen LogP) is 1.69. The minimum atomic E-state index is -0.383. The minimum absolute atomic E-state index is 0.134. The normalized spacial score (nSPS) is 35.2. The van der Waals surface area contributed by atoms with Crippen LogP contribution in [-0.4, -0.2) is 54.0 Å². The van der Waals surface area contributed by atoms with E-state index in [-0.39, 0.29) is 17.4 Å². The van der Waals surface area contributed by atoms with Gasteiger partial charge in [0.25, 0.3) is 0 Å². The summed E-state index contributed by atoms with van der Waals surface area (Å²) in [5, 5.41) is 0. The van der Waals surface area contributed by atoms with Gasteiger partial charge in [-0.2, -0.15) is 0 Å². The van der Waals surface area contributed by atoms with Crippen LogP contribution in [0.4, 0.5) is 0 Å². The van der Waals surface area contributed by atoms with Crippen LogP contribution in [0.1, 0.15) is 46.5 Å². The molecule has 3 aliphatic rings. The van der Waals surface area contributed by atoms with Crippen molar-refractivity contribution in [3.8, 4) is 0 Å². The van der Waals surface area contributed by atoms with E-state index in [0.29, 0.717) is 0 Å². The molecular weight excluding hydrogens is 262 g/mol. The molecule has 2 N–H and O–H groups in total. The predicted molar refractivity (Wildman–Crippen MR) is 84.8 cm³/mol. The van der Waals surface area contributed by atoms with E-state index < -0.39 is 0 Å². The summed E-state index contributed by atoms with van der Waals surface area (Å²) in [4.78, 5) is 17.1. The summed E-state index contributed by atoms with van der Waals surface area (Å²) < 4.78 is 0. The Balaban J connectivity index is 1.52. The number of hydrogen-bond acceptors (Lipinski definition) is 3. The van der Waals surface area contributed by atoms with Crippen LogP contribution in [0, 0.1) is 17.3 Å². The summed E-state index contributed by atoms with van der Waals surface area (Å²) >= 11 is 0. The Hall–Kier alpha value is -0.610. The molecule has 0 aromatic heterocycles. The molecule has 1 aliphatic heterocycles. The average molecular weight is 293 g/mol. The van der Waals surface area contributed by atoms with Gasteiger partial charge in [0.05, 0.1) is 6.04 Å². The lowest BCUT2D eigenvalue weighted by molar-refractivity contribution is -0.137. The first kappa shape index (κ1) is 15.3. The maximum absolute atomic E-state index is 12.5. The highest BCUT2D eigenvalue weighted by molar-refractivity contribution is 5.82. The molecule has 3 rings (SSSR count). The number of nitrogens with two attached hydrogens (primary N) is 1. The van der Waals surface area contributed by atoms with Crippen molar-refractivity contribution in [1.82, 2.24) is 9.80 Å². The summed E-state index contributed by atoms with van der Waals surface area (Å²) in [5.74, 6) is 2.07. The molecule has 1 saturated heterocycles. The summed E-state index contributed by atoms with van der Waals surface area (Å²) in [6, 6.07) is 0.420. The Bertz CT molecular complexity index is 395. The Kier molecular flexibility index (Phi) is 4.04. The molecule has 2 bridgehead atoms. The SMILES string of the molecule is CC(C)(C)[C@H](N)C(=O)N1CCN(C2CC3CCC2C3)CC1. The third kappa shape index (κ3) is 2.98. The highest BCUT2D eigenvalue weighted by atomic mass is 16.2. The van der Waals surface area contributed by atoms with Crippen LogP contribution in [0.5, 0.6) is 0 Å². The molecule has 3 unspecified atom stereocenters. The van der Waals surface area contributed by atoms with Crippen LogP contribution in [0.15, 0.2) is 0 Å². The smallest absolute Gasteiger partial charge is 0.240 e. The van der Waals surface area contributed by atoms with Crippen LogP contribution >= 0.6 is 0 Å². The fourth-order valence-electron chi connectivity index (χ4n) is 4.50. The molecular formula is C17H31N3O. The van der Waals surface area contributed by atoms with Crippen molar-refractivity contribution in [2.45, 2.75) is 58.5 Å². The van der Waals surface area contributed by atoms with Crippen molar-refractivity contribution in [3.05, 3.63) is 0 Å². The third-order valence-corrected chi connectivity index (χ3v) is 5.99. The zero-order valence-electron chi connectivity index (χ0n) is 13.8. The summed E-state index contributed by atoms with van der Waals surface area (Å²) in [6.07, 6.45) is 5.75. The first-order valence-corrected chi connectivity index (χ1v) is 8.64. The number of nitrogens with zero attached hydrogens (tertiary/aromatic N) is 2. The maximum Gasteiger partial charge on any atom is 0.240 e. The highest BCUT2D eigenvalue weighted by Gasteiger charge is 2.43. The molecule has 1 amide bonds. The average Bonchev–Trinajstić information content (AvgIpc) is 3.07. The molecule has 4 atom stereocenters. The van der Waals surface area contributed by atoms with E-state index in [1.165, 1.54) is 25.7 Å². The van der Waals surface area contributed by atoms with Crippen molar-refractivity contribution in [2.75, 3.05) is 26.2 Å². The van der Waals surface area contributed by atoms with Gasteiger partial charge in [0.2, 0.25) is 5.91 Å². The highest BCUT2D eigenvalue weighted by Crippen LogP contribution is 2.46. The molecule has 0 radical (unpaired) electrons. The zero-order valence-corrected chi connectivity index (χ0v) is 13.8. The molecule has 21 heavy (non-hydrogen) atoms. The largest absolute Gasteiger partial charge is 0.339 e. The van der Waals surface area contributed by atoms with Gasteiger partial charge in [0.15, 0.2) is 0 Å². The van der Waals surface area contributed by atoms with E-state index in [9.17, 15) is 4.79 Å². The first-order chi connectivity index (χ1) is 9.86. The van der Waals surface area contributed by atoms with E-state index in [0.717, 1.165) is 44.1 Å². The number of fused-ring (bicyclic) bond motifs is 2. The quantitative estimate of drug-likeness (QED) is 0.843. The van der Waals surface area contributed by atoms with Gasteiger partial charge < -0.3 is 10.6 Å². The molecule has 4 nitrogen and oxygen atoms in total. The van der Waals surface area contributed by atoms with Gasteiger partial charge in [-0.05, 0) is 36.5 Å². The molecule has 0 spiro atoms. The molecule has 2 aliphatic carbocycles.